The van der Waals surface area contributed by atoms with Crippen molar-refractivity contribution in [3.05, 3.63) is 60.2 Å². The Morgan fingerprint density at radius 3 is 2.11 bits per heavy atom. The molecule has 2 rings (SSSR count). The summed E-state index contributed by atoms with van der Waals surface area (Å²) in [6.45, 7) is 6.89. The molecule has 0 saturated heterocycles. The van der Waals surface area contributed by atoms with E-state index in [0.29, 0.717) is 11.3 Å². The van der Waals surface area contributed by atoms with E-state index in [1.54, 1.807) is 64.1 Å². The fourth-order valence-corrected chi connectivity index (χ4v) is 3.84. The molecule has 0 aromatic heterocycles. The molecule has 2 aromatic carbocycles. The summed E-state index contributed by atoms with van der Waals surface area (Å²) in [7, 11) is -3.70. The quantitative estimate of drug-likeness (QED) is 0.703. The normalized spacial score (nSPS) is 14.0. The smallest absolute Gasteiger partial charge is 0.248 e. The number of benzene rings is 2. The van der Waals surface area contributed by atoms with Gasteiger partial charge in [-0.15, -0.1) is 12.4 Å². The van der Waals surface area contributed by atoms with E-state index in [2.05, 4.69) is 10.0 Å². The van der Waals surface area contributed by atoms with Gasteiger partial charge in [0, 0.05) is 11.2 Å². The zero-order valence-corrected chi connectivity index (χ0v) is 17.4. The lowest BCUT2D eigenvalue weighted by molar-refractivity contribution is -0.120. The Morgan fingerprint density at radius 2 is 1.56 bits per heavy atom. The lowest BCUT2D eigenvalue weighted by Gasteiger charge is -2.24. The lowest BCUT2D eigenvalue weighted by Crippen LogP contribution is -2.45. The molecule has 0 fully saturated rings. The van der Waals surface area contributed by atoms with Crippen molar-refractivity contribution in [3.8, 4) is 0 Å². The standard InChI is InChI=1S/C19H25N3O3S.ClH/c1-18(2,3)22-26(24,25)16-12-8-11-15(13-16)21-17(23)19(4,20)14-9-6-5-7-10-14;/h5-13,22H,20H2,1-4H3,(H,21,23);1H. The third-order valence-corrected chi connectivity index (χ3v) is 5.44. The highest BCUT2D eigenvalue weighted by Crippen LogP contribution is 2.22. The van der Waals surface area contributed by atoms with Crippen molar-refractivity contribution < 1.29 is 13.2 Å². The van der Waals surface area contributed by atoms with E-state index in [0.717, 1.165) is 0 Å². The molecular formula is C19H26ClN3O3S. The Morgan fingerprint density at radius 1 is 0.963 bits per heavy atom. The van der Waals surface area contributed by atoms with E-state index < -0.39 is 27.0 Å². The molecule has 27 heavy (non-hydrogen) atoms. The minimum atomic E-state index is -3.70. The highest BCUT2D eigenvalue weighted by Gasteiger charge is 2.30. The first-order chi connectivity index (χ1) is 11.9. The number of rotatable bonds is 5. The van der Waals surface area contributed by atoms with Crippen LogP contribution in [0.5, 0.6) is 0 Å². The van der Waals surface area contributed by atoms with E-state index in [1.165, 1.54) is 12.1 Å². The molecule has 0 bridgehead atoms. The molecule has 1 atom stereocenters. The Kier molecular flexibility index (Phi) is 7.18. The number of anilines is 1. The highest BCUT2D eigenvalue weighted by molar-refractivity contribution is 7.89. The van der Waals surface area contributed by atoms with E-state index >= 15 is 0 Å². The van der Waals surface area contributed by atoms with Gasteiger partial charge in [0.1, 0.15) is 5.54 Å². The van der Waals surface area contributed by atoms with Crippen LogP contribution >= 0.6 is 12.4 Å². The van der Waals surface area contributed by atoms with Crippen molar-refractivity contribution in [2.45, 2.75) is 43.7 Å². The fraction of sp³-hybridized carbons (Fsp3) is 0.316. The third-order valence-electron chi connectivity index (χ3n) is 3.69. The molecule has 0 heterocycles. The molecule has 0 saturated carbocycles. The summed E-state index contributed by atoms with van der Waals surface area (Å²) < 4.78 is 27.5. The van der Waals surface area contributed by atoms with Crippen molar-refractivity contribution in [1.29, 1.82) is 0 Å². The van der Waals surface area contributed by atoms with Crippen LogP contribution in [0.15, 0.2) is 59.5 Å². The van der Waals surface area contributed by atoms with Crippen molar-refractivity contribution in [2.24, 2.45) is 5.73 Å². The predicted molar refractivity (Wildman–Crippen MR) is 110 cm³/mol. The summed E-state index contributed by atoms with van der Waals surface area (Å²) in [6.07, 6.45) is 0. The van der Waals surface area contributed by atoms with Crippen LogP contribution in [0.4, 0.5) is 5.69 Å². The average Bonchev–Trinajstić information content (AvgIpc) is 2.53. The van der Waals surface area contributed by atoms with Crippen LogP contribution in [-0.4, -0.2) is 19.9 Å². The molecule has 0 aliphatic heterocycles. The maximum absolute atomic E-state index is 12.6. The molecule has 1 amide bonds. The second-order valence-electron chi connectivity index (χ2n) is 7.41. The van der Waals surface area contributed by atoms with Gasteiger partial charge in [-0.1, -0.05) is 36.4 Å². The Balaban J connectivity index is 0.00000364. The summed E-state index contributed by atoms with van der Waals surface area (Å²) in [5.74, 6) is -0.429. The van der Waals surface area contributed by atoms with Gasteiger partial charge in [0.2, 0.25) is 15.9 Å². The van der Waals surface area contributed by atoms with Gasteiger partial charge in [-0.3, -0.25) is 4.79 Å². The third kappa shape index (κ3) is 6.04. The molecule has 0 aliphatic rings. The number of amides is 1. The van der Waals surface area contributed by atoms with E-state index in [1.807, 2.05) is 6.07 Å². The number of hydrogen-bond acceptors (Lipinski definition) is 4. The van der Waals surface area contributed by atoms with Crippen molar-refractivity contribution in [3.63, 3.8) is 0 Å². The van der Waals surface area contributed by atoms with Crippen molar-refractivity contribution in [2.75, 3.05) is 5.32 Å². The molecule has 0 radical (unpaired) electrons. The summed E-state index contributed by atoms with van der Waals surface area (Å²) in [6, 6.07) is 15.1. The van der Waals surface area contributed by atoms with Gasteiger partial charge in [0.25, 0.3) is 0 Å². The largest absolute Gasteiger partial charge is 0.324 e. The Bertz CT molecular complexity index is 892. The topological polar surface area (TPSA) is 101 Å². The van der Waals surface area contributed by atoms with Gasteiger partial charge in [0.05, 0.1) is 4.90 Å². The molecule has 2 aromatic rings. The number of nitrogens with one attached hydrogen (secondary N) is 2. The number of carbonyl (C=O) groups is 1. The molecule has 4 N–H and O–H groups in total. The molecule has 148 valence electrons. The predicted octanol–water partition coefficient (Wildman–Crippen LogP) is 3.00. The molecular weight excluding hydrogens is 386 g/mol. The second kappa shape index (κ2) is 8.39. The number of sulfonamides is 1. The van der Waals surface area contributed by atoms with Crippen molar-refractivity contribution >= 4 is 34.0 Å². The van der Waals surface area contributed by atoms with Crippen molar-refractivity contribution in [1.82, 2.24) is 4.72 Å². The molecule has 0 aliphatic carbocycles. The number of halogens is 1. The van der Waals surface area contributed by atoms with E-state index in [9.17, 15) is 13.2 Å². The maximum atomic E-state index is 12.6. The highest BCUT2D eigenvalue weighted by atomic mass is 35.5. The van der Waals surface area contributed by atoms with E-state index in [-0.39, 0.29) is 17.3 Å². The molecule has 8 heteroatoms. The number of carbonyl (C=O) groups excluding carboxylic acids is 1. The summed E-state index contributed by atoms with van der Waals surface area (Å²) in [4.78, 5) is 12.7. The molecule has 6 nitrogen and oxygen atoms in total. The summed E-state index contributed by atoms with van der Waals surface area (Å²) >= 11 is 0. The van der Waals surface area contributed by atoms with Gasteiger partial charge >= 0.3 is 0 Å². The first-order valence-corrected chi connectivity index (χ1v) is 9.70. The molecule has 0 spiro atoms. The number of nitrogens with two attached hydrogens (primary N) is 1. The van der Waals surface area contributed by atoms with Crippen LogP contribution in [0.25, 0.3) is 0 Å². The van der Waals surface area contributed by atoms with Crippen LogP contribution in [0.1, 0.15) is 33.3 Å². The second-order valence-corrected chi connectivity index (χ2v) is 9.09. The van der Waals surface area contributed by atoms with Gasteiger partial charge in [-0.25, -0.2) is 13.1 Å². The first-order valence-electron chi connectivity index (χ1n) is 8.22. The zero-order chi connectivity index (χ0) is 19.6. The minimum Gasteiger partial charge on any atom is -0.324 e. The van der Waals surface area contributed by atoms with Crippen LogP contribution < -0.4 is 15.8 Å². The SMILES string of the molecule is CC(C)(C)NS(=O)(=O)c1cccc(NC(=O)C(C)(N)c2ccccc2)c1.Cl. The van der Waals surface area contributed by atoms with Gasteiger partial charge in [-0.05, 0) is 51.5 Å². The Labute approximate surface area is 167 Å². The van der Waals surface area contributed by atoms with Crippen LogP contribution in [0.3, 0.4) is 0 Å². The van der Waals surface area contributed by atoms with Crippen LogP contribution in [0, 0.1) is 0 Å². The van der Waals surface area contributed by atoms with E-state index in [4.69, 9.17) is 5.73 Å². The van der Waals surface area contributed by atoms with Gasteiger partial charge in [-0.2, -0.15) is 0 Å². The summed E-state index contributed by atoms with van der Waals surface area (Å²) in [5, 5.41) is 2.70. The first kappa shape index (κ1) is 23.1. The van der Waals surface area contributed by atoms with Crippen LogP contribution in [-0.2, 0) is 20.4 Å². The average molecular weight is 412 g/mol. The maximum Gasteiger partial charge on any atom is 0.248 e. The fourth-order valence-electron chi connectivity index (χ4n) is 2.38. The number of hydrogen-bond donors (Lipinski definition) is 3. The van der Waals surface area contributed by atoms with Gasteiger partial charge in [0.15, 0.2) is 0 Å². The summed E-state index contributed by atoms with van der Waals surface area (Å²) in [5.41, 5.74) is 5.36. The van der Waals surface area contributed by atoms with Gasteiger partial charge < -0.3 is 11.1 Å². The minimum absolute atomic E-state index is 0. The Hall–Kier alpha value is -1.93. The monoisotopic (exact) mass is 411 g/mol. The lowest BCUT2D eigenvalue weighted by atomic mass is 9.92. The molecule has 1 unspecified atom stereocenters. The van der Waals surface area contributed by atoms with Crippen LogP contribution in [0.2, 0.25) is 0 Å². The zero-order valence-electron chi connectivity index (χ0n) is 15.8.